The molecule has 1 amide bonds. The molecule has 0 fully saturated rings. The molecule has 2 aromatic rings. The smallest absolute Gasteiger partial charge is 0.227 e. The number of hydrogen-bond donors (Lipinski definition) is 0. The van der Waals surface area contributed by atoms with Gasteiger partial charge in [-0.15, -0.1) is 0 Å². The standard InChI is InChI=1S/C17H21NO4/c1-20-10-8-18(13-16-7-4-9-22-16)17(19)12-14-5-3-6-15(11-14)21-2/h3-7,9,11H,8,10,12-13H2,1-2H3. The Labute approximate surface area is 130 Å². The minimum Gasteiger partial charge on any atom is -0.497 e. The highest BCUT2D eigenvalue weighted by Gasteiger charge is 2.16. The number of carbonyl (C=O) groups excluding carboxylic acids is 1. The Morgan fingerprint density at radius 3 is 2.77 bits per heavy atom. The summed E-state index contributed by atoms with van der Waals surface area (Å²) in [6, 6.07) is 11.2. The van der Waals surface area contributed by atoms with Crippen LogP contribution < -0.4 is 4.74 Å². The third-order valence-electron chi connectivity index (χ3n) is 3.33. The van der Waals surface area contributed by atoms with Crippen molar-refractivity contribution in [2.45, 2.75) is 13.0 Å². The highest BCUT2D eigenvalue weighted by atomic mass is 16.5. The van der Waals surface area contributed by atoms with Crippen molar-refractivity contribution in [3.63, 3.8) is 0 Å². The SMILES string of the molecule is COCCN(Cc1ccco1)C(=O)Cc1cccc(OC)c1. The Morgan fingerprint density at radius 2 is 2.09 bits per heavy atom. The van der Waals surface area contributed by atoms with Gasteiger partial charge in [-0.05, 0) is 29.8 Å². The first-order valence-electron chi connectivity index (χ1n) is 7.15. The van der Waals surface area contributed by atoms with E-state index in [4.69, 9.17) is 13.9 Å². The molecule has 1 heterocycles. The van der Waals surface area contributed by atoms with Crippen molar-refractivity contribution in [2.24, 2.45) is 0 Å². The Morgan fingerprint density at radius 1 is 1.23 bits per heavy atom. The molecule has 0 saturated heterocycles. The van der Waals surface area contributed by atoms with Crippen molar-refractivity contribution < 1.29 is 18.7 Å². The van der Waals surface area contributed by atoms with E-state index in [0.29, 0.717) is 26.1 Å². The molecular formula is C17H21NO4. The number of furan rings is 1. The van der Waals surface area contributed by atoms with Crippen molar-refractivity contribution in [3.8, 4) is 5.75 Å². The topological polar surface area (TPSA) is 51.9 Å². The third-order valence-corrected chi connectivity index (χ3v) is 3.33. The maximum atomic E-state index is 12.5. The van der Waals surface area contributed by atoms with Crippen LogP contribution in [0.1, 0.15) is 11.3 Å². The fourth-order valence-corrected chi connectivity index (χ4v) is 2.15. The van der Waals surface area contributed by atoms with Gasteiger partial charge in [-0.1, -0.05) is 12.1 Å². The molecule has 5 heteroatoms. The molecule has 0 aliphatic rings. The Kier molecular flexibility index (Phi) is 6.03. The first-order chi connectivity index (χ1) is 10.7. The van der Waals surface area contributed by atoms with Crippen molar-refractivity contribution >= 4 is 5.91 Å². The van der Waals surface area contributed by atoms with Crippen molar-refractivity contribution in [1.29, 1.82) is 0 Å². The number of amides is 1. The van der Waals surface area contributed by atoms with E-state index in [0.717, 1.165) is 17.1 Å². The van der Waals surface area contributed by atoms with Gasteiger partial charge in [0.2, 0.25) is 5.91 Å². The third kappa shape index (κ3) is 4.63. The normalized spacial score (nSPS) is 10.5. The zero-order valence-corrected chi connectivity index (χ0v) is 13.0. The summed E-state index contributed by atoms with van der Waals surface area (Å²) in [4.78, 5) is 14.3. The molecule has 0 saturated carbocycles. The predicted octanol–water partition coefficient (Wildman–Crippen LogP) is 2.51. The molecule has 0 bridgehead atoms. The van der Waals surface area contributed by atoms with E-state index in [1.165, 1.54) is 0 Å². The van der Waals surface area contributed by atoms with Crippen molar-refractivity contribution in [3.05, 3.63) is 54.0 Å². The van der Waals surface area contributed by atoms with Crippen LogP contribution in [0.4, 0.5) is 0 Å². The van der Waals surface area contributed by atoms with Crippen LogP contribution in [0.15, 0.2) is 47.1 Å². The second-order valence-corrected chi connectivity index (χ2v) is 4.92. The number of nitrogens with zero attached hydrogens (tertiary/aromatic N) is 1. The second kappa shape index (κ2) is 8.24. The lowest BCUT2D eigenvalue weighted by atomic mass is 10.1. The molecule has 2 rings (SSSR count). The van der Waals surface area contributed by atoms with Crippen LogP contribution in [0.25, 0.3) is 0 Å². The summed E-state index contributed by atoms with van der Waals surface area (Å²) in [6.07, 6.45) is 1.93. The molecule has 5 nitrogen and oxygen atoms in total. The molecule has 0 aliphatic carbocycles. The Bertz CT molecular complexity index is 580. The van der Waals surface area contributed by atoms with E-state index in [1.807, 2.05) is 36.4 Å². The van der Waals surface area contributed by atoms with Crippen LogP contribution in [0.3, 0.4) is 0 Å². The lowest BCUT2D eigenvalue weighted by Crippen LogP contribution is -2.34. The number of rotatable bonds is 8. The average molecular weight is 303 g/mol. The van der Waals surface area contributed by atoms with Crippen LogP contribution in [0, 0.1) is 0 Å². The molecule has 0 unspecified atom stereocenters. The highest BCUT2D eigenvalue weighted by Crippen LogP contribution is 2.14. The van der Waals surface area contributed by atoms with Gasteiger partial charge in [-0.2, -0.15) is 0 Å². The number of hydrogen-bond acceptors (Lipinski definition) is 4. The van der Waals surface area contributed by atoms with Gasteiger partial charge in [0.1, 0.15) is 11.5 Å². The first kappa shape index (κ1) is 16.1. The van der Waals surface area contributed by atoms with Crippen LogP contribution in [-0.4, -0.2) is 38.2 Å². The minimum atomic E-state index is 0.0294. The fourth-order valence-electron chi connectivity index (χ4n) is 2.15. The van der Waals surface area contributed by atoms with Crippen LogP contribution in [0.5, 0.6) is 5.75 Å². The van der Waals surface area contributed by atoms with Gasteiger partial charge in [-0.3, -0.25) is 4.79 Å². The van der Waals surface area contributed by atoms with E-state index < -0.39 is 0 Å². The van der Waals surface area contributed by atoms with E-state index in [1.54, 1.807) is 25.4 Å². The first-order valence-corrected chi connectivity index (χ1v) is 7.15. The van der Waals surface area contributed by atoms with Crippen molar-refractivity contribution in [2.75, 3.05) is 27.4 Å². The average Bonchev–Trinajstić information content (AvgIpc) is 3.04. The minimum absolute atomic E-state index is 0.0294. The van der Waals surface area contributed by atoms with E-state index in [-0.39, 0.29) is 5.91 Å². The zero-order valence-electron chi connectivity index (χ0n) is 13.0. The Balaban J connectivity index is 2.03. The quantitative estimate of drug-likeness (QED) is 0.752. The lowest BCUT2D eigenvalue weighted by molar-refractivity contribution is -0.132. The number of benzene rings is 1. The molecule has 1 aromatic heterocycles. The molecular weight excluding hydrogens is 282 g/mol. The van der Waals surface area contributed by atoms with Crippen LogP contribution >= 0.6 is 0 Å². The second-order valence-electron chi connectivity index (χ2n) is 4.92. The van der Waals surface area contributed by atoms with Gasteiger partial charge in [0.05, 0.1) is 32.9 Å². The number of ether oxygens (including phenoxy) is 2. The summed E-state index contributed by atoms with van der Waals surface area (Å²) in [5.41, 5.74) is 0.922. The van der Waals surface area contributed by atoms with Gasteiger partial charge in [-0.25, -0.2) is 0 Å². The molecule has 0 atom stereocenters. The molecule has 22 heavy (non-hydrogen) atoms. The zero-order chi connectivity index (χ0) is 15.8. The summed E-state index contributed by atoms with van der Waals surface area (Å²) in [7, 11) is 3.24. The van der Waals surface area contributed by atoms with E-state index in [9.17, 15) is 4.79 Å². The maximum absolute atomic E-state index is 12.5. The van der Waals surface area contributed by atoms with Gasteiger partial charge in [0.15, 0.2) is 0 Å². The van der Waals surface area contributed by atoms with Crippen LogP contribution in [0.2, 0.25) is 0 Å². The molecule has 118 valence electrons. The molecule has 0 radical (unpaired) electrons. The summed E-state index contributed by atoms with van der Waals surface area (Å²) >= 11 is 0. The maximum Gasteiger partial charge on any atom is 0.227 e. The Hall–Kier alpha value is -2.27. The molecule has 0 aliphatic heterocycles. The largest absolute Gasteiger partial charge is 0.497 e. The number of methoxy groups -OCH3 is 2. The van der Waals surface area contributed by atoms with Crippen LogP contribution in [-0.2, 0) is 22.5 Å². The highest BCUT2D eigenvalue weighted by molar-refractivity contribution is 5.78. The van der Waals surface area contributed by atoms with E-state index >= 15 is 0 Å². The summed E-state index contributed by atoms with van der Waals surface area (Å²) in [6.45, 7) is 1.46. The lowest BCUT2D eigenvalue weighted by Gasteiger charge is -2.21. The van der Waals surface area contributed by atoms with Gasteiger partial charge in [0, 0.05) is 13.7 Å². The summed E-state index contributed by atoms with van der Waals surface area (Å²) in [5, 5.41) is 0. The summed E-state index contributed by atoms with van der Waals surface area (Å²) < 4.78 is 15.6. The monoisotopic (exact) mass is 303 g/mol. The summed E-state index contributed by atoms with van der Waals surface area (Å²) in [5.74, 6) is 1.54. The van der Waals surface area contributed by atoms with Crippen molar-refractivity contribution in [1.82, 2.24) is 4.90 Å². The predicted molar refractivity (Wildman–Crippen MR) is 82.7 cm³/mol. The van der Waals surface area contributed by atoms with Gasteiger partial charge < -0.3 is 18.8 Å². The fraction of sp³-hybridized carbons (Fsp3) is 0.353. The van der Waals surface area contributed by atoms with Gasteiger partial charge >= 0.3 is 0 Å². The number of carbonyl (C=O) groups is 1. The van der Waals surface area contributed by atoms with E-state index in [2.05, 4.69) is 0 Å². The molecule has 0 spiro atoms. The molecule has 0 N–H and O–H groups in total. The molecule has 1 aromatic carbocycles. The van der Waals surface area contributed by atoms with Gasteiger partial charge in [0.25, 0.3) is 0 Å².